The predicted molar refractivity (Wildman–Crippen MR) is 123 cm³/mol. The first-order chi connectivity index (χ1) is 13.7. The molecule has 0 aliphatic carbocycles. The normalized spacial score (nSPS) is 10.5. The van der Waals surface area contributed by atoms with Gasteiger partial charge in [-0.3, -0.25) is 4.79 Å². The number of primary amides is 1. The molecule has 0 fully saturated rings. The summed E-state index contributed by atoms with van der Waals surface area (Å²) in [6.45, 7) is 2.76. The number of hydrogen-bond donors (Lipinski definition) is 3. The van der Waals surface area contributed by atoms with Gasteiger partial charge in [0.1, 0.15) is 0 Å². The minimum absolute atomic E-state index is 0.0972. The molecule has 0 aromatic rings. The van der Waals surface area contributed by atoms with Crippen LogP contribution in [0.2, 0.25) is 0 Å². The van der Waals surface area contributed by atoms with E-state index in [2.05, 4.69) is 6.92 Å². The molecular weight excluding hydrogens is 348 g/mol. The minimum atomic E-state index is -0.151. The van der Waals surface area contributed by atoms with Crippen molar-refractivity contribution in [2.75, 3.05) is 13.2 Å². The van der Waals surface area contributed by atoms with Crippen molar-refractivity contribution in [2.45, 2.75) is 135 Å². The Hall–Kier alpha value is -0.610. The molecular formula is C24H52N2O2. The number of carbonyl (C=O) groups excluding carboxylic acids is 1. The zero-order valence-electron chi connectivity index (χ0n) is 19.1. The molecule has 0 aromatic heterocycles. The van der Waals surface area contributed by atoms with Crippen LogP contribution in [0.15, 0.2) is 0 Å². The molecule has 0 saturated carbocycles. The number of nitrogens with two attached hydrogens (primary N) is 2. The number of aliphatic hydroxyl groups excluding tert-OH is 1. The average molecular weight is 401 g/mol. The Morgan fingerprint density at radius 1 is 0.607 bits per heavy atom. The fraction of sp³-hybridized carbons (Fsp3) is 0.958. The molecule has 0 aliphatic heterocycles. The van der Waals surface area contributed by atoms with Gasteiger partial charge < -0.3 is 16.6 Å². The van der Waals surface area contributed by atoms with Crippen LogP contribution in [-0.4, -0.2) is 24.2 Å². The lowest BCUT2D eigenvalue weighted by Gasteiger charge is -2.03. The zero-order chi connectivity index (χ0) is 21.1. The van der Waals surface area contributed by atoms with E-state index < -0.39 is 0 Å². The van der Waals surface area contributed by atoms with E-state index in [1.165, 1.54) is 116 Å². The first-order valence-electron chi connectivity index (χ1n) is 12.3. The number of carbonyl (C=O) groups is 1. The van der Waals surface area contributed by atoms with Gasteiger partial charge in [-0.05, 0) is 6.42 Å². The molecule has 0 unspecified atom stereocenters. The lowest BCUT2D eigenvalue weighted by Crippen LogP contribution is -2.09. The Balaban J connectivity index is 0. The lowest BCUT2D eigenvalue weighted by atomic mass is 10.0. The average Bonchev–Trinajstić information content (AvgIpc) is 2.69. The second kappa shape index (κ2) is 28.6. The van der Waals surface area contributed by atoms with E-state index in [1.807, 2.05) is 0 Å². The van der Waals surface area contributed by atoms with Crippen molar-refractivity contribution in [2.24, 2.45) is 11.5 Å². The topological polar surface area (TPSA) is 89.3 Å². The van der Waals surface area contributed by atoms with Crippen molar-refractivity contribution >= 4 is 5.91 Å². The quantitative estimate of drug-likeness (QED) is 0.199. The molecule has 0 bridgehead atoms. The number of amides is 1. The minimum Gasteiger partial charge on any atom is -0.395 e. The summed E-state index contributed by atoms with van der Waals surface area (Å²) in [5.41, 5.74) is 9.91. The standard InChI is InChI=1S/C22H45NO.C2H7NO/c1-2-3-4-5-6-7-8-9-10-11-12-13-14-15-16-17-18-19-20-21-22(23)24;3-1-2-4/h2-21H2,1H3,(H2,23,24);4H,1-3H2. The summed E-state index contributed by atoms with van der Waals surface area (Å²) in [5.74, 6) is -0.151. The molecule has 170 valence electrons. The van der Waals surface area contributed by atoms with Gasteiger partial charge in [0.05, 0.1) is 6.61 Å². The molecule has 0 spiro atoms. The van der Waals surface area contributed by atoms with Crippen LogP contribution in [0.5, 0.6) is 0 Å². The maximum absolute atomic E-state index is 10.6. The summed E-state index contributed by atoms with van der Waals surface area (Å²) in [7, 11) is 0. The third-order valence-electron chi connectivity index (χ3n) is 5.16. The highest BCUT2D eigenvalue weighted by molar-refractivity contribution is 5.73. The monoisotopic (exact) mass is 400 g/mol. The van der Waals surface area contributed by atoms with E-state index in [0.717, 1.165) is 6.42 Å². The molecule has 0 saturated heterocycles. The Morgan fingerprint density at radius 3 is 1.07 bits per heavy atom. The van der Waals surface area contributed by atoms with E-state index in [9.17, 15) is 4.79 Å². The number of unbranched alkanes of at least 4 members (excludes halogenated alkanes) is 18. The highest BCUT2D eigenvalue weighted by atomic mass is 16.3. The zero-order valence-corrected chi connectivity index (χ0v) is 19.1. The van der Waals surface area contributed by atoms with Crippen molar-refractivity contribution in [3.63, 3.8) is 0 Å². The van der Waals surface area contributed by atoms with Crippen molar-refractivity contribution in [3.05, 3.63) is 0 Å². The summed E-state index contributed by atoms with van der Waals surface area (Å²) in [6, 6.07) is 0. The van der Waals surface area contributed by atoms with Crippen LogP contribution in [0.4, 0.5) is 0 Å². The Morgan fingerprint density at radius 2 is 0.857 bits per heavy atom. The number of rotatable bonds is 21. The molecule has 5 N–H and O–H groups in total. The Bertz CT molecular complexity index is 284. The Labute approximate surface area is 176 Å². The van der Waals surface area contributed by atoms with Gasteiger partial charge in [0.2, 0.25) is 5.91 Å². The van der Waals surface area contributed by atoms with Gasteiger partial charge in [-0.2, -0.15) is 0 Å². The summed E-state index contributed by atoms with van der Waals surface area (Å²) in [6.07, 6.45) is 26.8. The highest BCUT2D eigenvalue weighted by Crippen LogP contribution is 2.14. The smallest absolute Gasteiger partial charge is 0.217 e. The maximum atomic E-state index is 10.6. The van der Waals surface area contributed by atoms with E-state index in [0.29, 0.717) is 13.0 Å². The summed E-state index contributed by atoms with van der Waals surface area (Å²) < 4.78 is 0. The molecule has 0 radical (unpaired) electrons. The van der Waals surface area contributed by atoms with Gasteiger partial charge in [-0.1, -0.05) is 122 Å². The van der Waals surface area contributed by atoms with Gasteiger partial charge in [0.25, 0.3) is 0 Å². The molecule has 0 aliphatic rings. The lowest BCUT2D eigenvalue weighted by molar-refractivity contribution is -0.118. The van der Waals surface area contributed by atoms with Gasteiger partial charge in [0.15, 0.2) is 0 Å². The van der Waals surface area contributed by atoms with Gasteiger partial charge in [0, 0.05) is 13.0 Å². The van der Waals surface area contributed by atoms with E-state index >= 15 is 0 Å². The molecule has 0 atom stereocenters. The molecule has 4 heteroatoms. The number of aliphatic hydroxyl groups is 1. The number of hydrogen-bond acceptors (Lipinski definition) is 3. The fourth-order valence-electron chi connectivity index (χ4n) is 3.38. The SMILES string of the molecule is CCCCCCCCCCCCCCCCCCCCCC(N)=O.NCCO. The van der Waals surface area contributed by atoms with Gasteiger partial charge in [-0.15, -0.1) is 0 Å². The molecule has 0 rings (SSSR count). The largest absolute Gasteiger partial charge is 0.395 e. The molecule has 28 heavy (non-hydrogen) atoms. The van der Waals surface area contributed by atoms with Crippen LogP contribution in [0.25, 0.3) is 0 Å². The second-order valence-corrected chi connectivity index (χ2v) is 8.09. The summed E-state index contributed by atoms with van der Waals surface area (Å²) in [4.78, 5) is 10.6. The molecule has 0 aromatic carbocycles. The van der Waals surface area contributed by atoms with Crippen LogP contribution in [0.3, 0.4) is 0 Å². The first kappa shape index (κ1) is 29.6. The van der Waals surface area contributed by atoms with Crippen LogP contribution in [0, 0.1) is 0 Å². The van der Waals surface area contributed by atoms with Crippen molar-refractivity contribution in [1.82, 2.24) is 0 Å². The summed E-state index contributed by atoms with van der Waals surface area (Å²) >= 11 is 0. The van der Waals surface area contributed by atoms with Crippen LogP contribution < -0.4 is 11.5 Å². The van der Waals surface area contributed by atoms with E-state index in [1.54, 1.807) is 0 Å². The van der Waals surface area contributed by atoms with E-state index in [4.69, 9.17) is 16.6 Å². The third-order valence-corrected chi connectivity index (χ3v) is 5.16. The van der Waals surface area contributed by atoms with Crippen molar-refractivity contribution in [3.8, 4) is 0 Å². The first-order valence-corrected chi connectivity index (χ1v) is 12.3. The highest BCUT2D eigenvalue weighted by Gasteiger charge is 1.96. The predicted octanol–water partition coefficient (Wildman–Crippen LogP) is 6.23. The third kappa shape index (κ3) is 33.0. The molecule has 0 heterocycles. The summed E-state index contributed by atoms with van der Waals surface area (Å²) in [5, 5.41) is 7.75. The Kier molecular flexibility index (Phi) is 30.2. The van der Waals surface area contributed by atoms with Crippen LogP contribution in [-0.2, 0) is 4.79 Å². The maximum Gasteiger partial charge on any atom is 0.217 e. The van der Waals surface area contributed by atoms with Gasteiger partial charge in [-0.25, -0.2) is 0 Å². The molecule has 4 nitrogen and oxygen atoms in total. The van der Waals surface area contributed by atoms with Crippen LogP contribution >= 0.6 is 0 Å². The van der Waals surface area contributed by atoms with E-state index in [-0.39, 0.29) is 12.5 Å². The molecule has 1 amide bonds. The van der Waals surface area contributed by atoms with Gasteiger partial charge >= 0.3 is 0 Å². The second-order valence-electron chi connectivity index (χ2n) is 8.09. The fourth-order valence-corrected chi connectivity index (χ4v) is 3.38. The van der Waals surface area contributed by atoms with Crippen LogP contribution in [0.1, 0.15) is 135 Å². The van der Waals surface area contributed by atoms with Crippen molar-refractivity contribution < 1.29 is 9.90 Å². The van der Waals surface area contributed by atoms with Crippen molar-refractivity contribution in [1.29, 1.82) is 0 Å².